The SMILES string of the molecule is C=C1CO[C@@](c2ccccc2)(C(F)(F)F)C(=O)N1c1ccc(F)cc1. The molecule has 1 aliphatic rings. The third-order valence-electron chi connectivity index (χ3n) is 3.94. The predicted octanol–water partition coefficient (Wildman–Crippen LogP) is 4.16. The Labute approximate surface area is 141 Å². The number of nitrogens with zero attached hydrogens (tertiary/aromatic N) is 1. The lowest BCUT2D eigenvalue weighted by Gasteiger charge is -2.43. The summed E-state index contributed by atoms with van der Waals surface area (Å²) in [7, 11) is 0. The molecule has 0 aromatic heterocycles. The molecule has 0 radical (unpaired) electrons. The van der Waals surface area contributed by atoms with Crippen LogP contribution < -0.4 is 4.90 Å². The molecule has 3 nitrogen and oxygen atoms in total. The molecule has 25 heavy (non-hydrogen) atoms. The van der Waals surface area contributed by atoms with Gasteiger partial charge in [0, 0.05) is 16.9 Å². The van der Waals surface area contributed by atoms with Crippen LogP contribution in [0.15, 0.2) is 66.9 Å². The highest BCUT2D eigenvalue weighted by Crippen LogP contribution is 2.47. The van der Waals surface area contributed by atoms with Crippen LogP contribution >= 0.6 is 0 Å². The second-order valence-corrected chi connectivity index (χ2v) is 5.52. The Kier molecular flexibility index (Phi) is 4.12. The highest BCUT2D eigenvalue weighted by Gasteiger charge is 2.66. The summed E-state index contributed by atoms with van der Waals surface area (Å²) >= 11 is 0. The van der Waals surface area contributed by atoms with Crippen molar-refractivity contribution in [2.45, 2.75) is 11.8 Å². The number of anilines is 1. The molecule has 0 N–H and O–H groups in total. The Morgan fingerprint density at radius 3 is 2.20 bits per heavy atom. The molecule has 1 heterocycles. The van der Waals surface area contributed by atoms with Gasteiger partial charge in [-0.1, -0.05) is 36.9 Å². The van der Waals surface area contributed by atoms with E-state index in [-0.39, 0.29) is 16.9 Å². The number of amides is 1. The number of hydrogen-bond donors (Lipinski definition) is 0. The molecule has 1 amide bonds. The van der Waals surface area contributed by atoms with E-state index in [0.29, 0.717) is 0 Å². The largest absolute Gasteiger partial charge is 0.431 e. The minimum absolute atomic E-state index is 0.0346. The van der Waals surface area contributed by atoms with Crippen molar-refractivity contribution < 1.29 is 27.1 Å². The minimum Gasteiger partial charge on any atom is -0.347 e. The monoisotopic (exact) mass is 351 g/mol. The molecule has 1 atom stereocenters. The van der Waals surface area contributed by atoms with Gasteiger partial charge in [-0.15, -0.1) is 0 Å². The quantitative estimate of drug-likeness (QED) is 0.761. The predicted molar refractivity (Wildman–Crippen MR) is 83.2 cm³/mol. The second-order valence-electron chi connectivity index (χ2n) is 5.52. The van der Waals surface area contributed by atoms with Crippen LogP contribution in [0.3, 0.4) is 0 Å². The molecule has 1 saturated heterocycles. The summed E-state index contributed by atoms with van der Waals surface area (Å²) < 4.78 is 60.0. The lowest BCUT2D eigenvalue weighted by Crippen LogP contribution is -2.61. The van der Waals surface area contributed by atoms with Gasteiger partial charge in [-0.05, 0) is 24.3 Å². The maximum atomic E-state index is 14.0. The average Bonchev–Trinajstić information content (AvgIpc) is 2.56. The first-order valence-corrected chi connectivity index (χ1v) is 7.31. The number of morpholine rings is 1. The molecule has 1 fully saturated rings. The number of carbonyl (C=O) groups is 1. The lowest BCUT2D eigenvalue weighted by molar-refractivity contribution is -0.273. The maximum Gasteiger partial charge on any atom is 0.431 e. The van der Waals surface area contributed by atoms with Crippen molar-refractivity contribution in [1.29, 1.82) is 0 Å². The molecule has 3 rings (SSSR count). The van der Waals surface area contributed by atoms with E-state index < -0.39 is 30.1 Å². The molecule has 2 aromatic carbocycles. The fourth-order valence-electron chi connectivity index (χ4n) is 2.76. The van der Waals surface area contributed by atoms with Crippen LogP contribution in [0.5, 0.6) is 0 Å². The van der Waals surface area contributed by atoms with Gasteiger partial charge in [0.2, 0.25) is 0 Å². The Hall–Kier alpha value is -2.67. The number of rotatable bonds is 2. The normalized spacial score (nSPS) is 21.5. The first kappa shape index (κ1) is 17.2. The van der Waals surface area contributed by atoms with Crippen molar-refractivity contribution in [3.05, 3.63) is 78.3 Å². The zero-order valence-electron chi connectivity index (χ0n) is 12.9. The van der Waals surface area contributed by atoms with Gasteiger partial charge >= 0.3 is 6.18 Å². The van der Waals surface area contributed by atoms with Gasteiger partial charge in [0.25, 0.3) is 11.5 Å². The van der Waals surface area contributed by atoms with Gasteiger partial charge in [-0.2, -0.15) is 13.2 Å². The van der Waals surface area contributed by atoms with E-state index in [4.69, 9.17) is 4.74 Å². The first-order chi connectivity index (χ1) is 11.8. The smallest absolute Gasteiger partial charge is 0.347 e. The Balaban J connectivity index is 2.16. The minimum atomic E-state index is -5.00. The Bertz CT molecular complexity index is 802. The summed E-state index contributed by atoms with van der Waals surface area (Å²) in [6.07, 6.45) is -5.00. The van der Waals surface area contributed by atoms with E-state index in [2.05, 4.69) is 6.58 Å². The van der Waals surface area contributed by atoms with Crippen LogP contribution in [0.25, 0.3) is 0 Å². The number of alkyl halides is 3. The fourth-order valence-corrected chi connectivity index (χ4v) is 2.76. The number of ether oxygens (including phenoxy) is 1. The third kappa shape index (κ3) is 2.70. The molecule has 130 valence electrons. The fraction of sp³-hybridized carbons (Fsp3) is 0.167. The molecular weight excluding hydrogens is 338 g/mol. The molecule has 7 heteroatoms. The zero-order valence-corrected chi connectivity index (χ0v) is 12.9. The molecule has 2 aromatic rings. The Morgan fingerprint density at radius 1 is 1.04 bits per heavy atom. The van der Waals surface area contributed by atoms with Crippen LogP contribution in [0.4, 0.5) is 23.2 Å². The maximum absolute atomic E-state index is 14.0. The van der Waals surface area contributed by atoms with Crippen LogP contribution in [0, 0.1) is 5.82 Å². The lowest BCUT2D eigenvalue weighted by atomic mass is 9.89. The molecule has 1 aliphatic heterocycles. The number of hydrogen-bond acceptors (Lipinski definition) is 2. The number of halogens is 4. The van der Waals surface area contributed by atoms with Gasteiger partial charge in [0.05, 0.1) is 6.61 Å². The molecule has 0 spiro atoms. The molecular formula is C18H13F4NO2. The molecule has 0 saturated carbocycles. The van der Waals surface area contributed by atoms with Crippen molar-refractivity contribution in [3.8, 4) is 0 Å². The van der Waals surface area contributed by atoms with Gasteiger partial charge in [-0.3, -0.25) is 9.69 Å². The van der Waals surface area contributed by atoms with Crippen molar-refractivity contribution in [1.82, 2.24) is 0 Å². The summed E-state index contributed by atoms with van der Waals surface area (Å²) in [5.74, 6) is -1.91. The standard InChI is InChI=1S/C18H13F4NO2/c1-12-11-25-17(18(20,21)22,13-5-3-2-4-6-13)16(24)23(12)15-9-7-14(19)8-10-15/h2-10H,1,11H2/t17-/m1/s1. The van der Waals surface area contributed by atoms with E-state index in [9.17, 15) is 22.4 Å². The van der Waals surface area contributed by atoms with Crippen molar-refractivity contribution >= 4 is 11.6 Å². The van der Waals surface area contributed by atoms with Crippen molar-refractivity contribution in [3.63, 3.8) is 0 Å². The Morgan fingerprint density at radius 2 is 1.64 bits per heavy atom. The van der Waals surface area contributed by atoms with E-state index in [1.807, 2.05) is 0 Å². The highest BCUT2D eigenvalue weighted by atomic mass is 19.4. The first-order valence-electron chi connectivity index (χ1n) is 7.31. The number of benzene rings is 2. The number of carbonyl (C=O) groups excluding carboxylic acids is 1. The summed E-state index contributed by atoms with van der Waals surface area (Å²) in [4.78, 5) is 13.7. The highest BCUT2D eigenvalue weighted by molar-refractivity contribution is 6.04. The van der Waals surface area contributed by atoms with Crippen LogP contribution in [0.2, 0.25) is 0 Å². The average molecular weight is 351 g/mol. The van der Waals surface area contributed by atoms with Gasteiger partial charge in [0.1, 0.15) is 5.82 Å². The summed E-state index contributed by atoms with van der Waals surface area (Å²) in [5, 5.41) is 0. The topological polar surface area (TPSA) is 29.5 Å². The van der Waals surface area contributed by atoms with E-state index >= 15 is 0 Å². The van der Waals surface area contributed by atoms with Gasteiger partial charge in [0.15, 0.2) is 0 Å². The van der Waals surface area contributed by atoms with E-state index in [1.54, 1.807) is 0 Å². The van der Waals surface area contributed by atoms with Gasteiger partial charge in [-0.25, -0.2) is 4.39 Å². The van der Waals surface area contributed by atoms with Gasteiger partial charge < -0.3 is 4.74 Å². The van der Waals surface area contributed by atoms with E-state index in [1.165, 1.54) is 42.5 Å². The summed E-state index contributed by atoms with van der Waals surface area (Å²) in [6, 6.07) is 11.2. The second kappa shape index (κ2) is 6.00. The van der Waals surface area contributed by atoms with Crippen LogP contribution in [-0.4, -0.2) is 18.7 Å². The third-order valence-corrected chi connectivity index (χ3v) is 3.94. The van der Waals surface area contributed by atoms with Crippen molar-refractivity contribution in [2.75, 3.05) is 11.5 Å². The van der Waals surface area contributed by atoms with Crippen LogP contribution in [0.1, 0.15) is 5.56 Å². The molecule has 0 aliphatic carbocycles. The summed E-state index contributed by atoms with van der Waals surface area (Å²) in [5.41, 5.74) is -3.35. The molecule has 0 bridgehead atoms. The van der Waals surface area contributed by atoms with E-state index in [0.717, 1.165) is 17.0 Å². The van der Waals surface area contributed by atoms with Crippen molar-refractivity contribution in [2.24, 2.45) is 0 Å². The molecule has 0 unspecified atom stereocenters. The summed E-state index contributed by atoms with van der Waals surface area (Å²) in [6.45, 7) is 3.10. The van der Waals surface area contributed by atoms with Crippen LogP contribution in [-0.2, 0) is 15.1 Å². The zero-order chi connectivity index (χ0) is 18.2.